The number of fused-ring (bicyclic) bond motifs is 2. The van der Waals surface area contributed by atoms with Crippen LogP contribution in [-0.2, 0) is 25.8 Å². The van der Waals surface area contributed by atoms with Gasteiger partial charge in [-0.2, -0.15) is 0 Å². The summed E-state index contributed by atoms with van der Waals surface area (Å²) in [5.74, 6) is -2.10. The fraction of sp³-hybridized carbons (Fsp3) is 0.581. The zero-order valence-corrected chi connectivity index (χ0v) is 24.7. The molecule has 11 heteroatoms. The third-order valence-electron chi connectivity index (χ3n) is 9.12. The number of benzene rings is 1. The summed E-state index contributed by atoms with van der Waals surface area (Å²) in [5.41, 5.74) is -0.483. The Morgan fingerprint density at radius 3 is 2.60 bits per heavy atom. The van der Waals surface area contributed by atoms with Crippen molar-refractivity contribution in [1.29, 1.82) is 0 Å². The average molecular weight is 579 g/mol. The maximum atomic E-state index is 14.6. The van der Waals surface area contributed by atoms with Gasteiger partial charge in [-0.25, -0.2) is 4.68 Å². The number of aliphatic hydroxyl groups is 1. The van der Waals surface area contributed by atoms with Crippen molar-refractivity contribution >= 4 is 28.8 Å². The smallest absolute Gasteiger partial charge is 0.250 e. The first-order chi connectivity index (χ1) is 20.3. The molecule has 1 aromatic heterocycles. The molecule has 226 valence electrons. The molecule has 0 radical (unpaired) electrons. The Bertz CT molecular complexity index is 1360. The van der Waals surface area contributed by atoms with E-state index in [0.29, 0.717) is 44.3 Å². The Kier molecular flexibility index (Phi) is 8.52. The second-order valence-corrected chi connectivity index (χ2v) is 11.8. The molecule has 0 aliphatic carbocycles. The van der Waals surface area contributed by atoms with Crippen LogP contribution in [0.15, 0.2) is 49.6 Å². The number of nitrogens with zero attached hydrogens (tertiary/aromatic N) is 6. The van der Waals surface area contributed by atoms with E-state index in [9.17, 15) is 19.5 Å². The number of unbranched alkanes of at least 4 members (excludes halogenated alkanes) is 1. The Hall–Kier alpha value is -3.57. The standard InChI is InChI=1S/C31H42N6O5/c1-5-16-34(17-6-2)27(39)24-25-28(40)36(19-10-11-20-38)26(31(25)15-14-30(24,4)42-31)29(41)35(18-7-3)21-37-23-13-9-8-12-22(23)32-33-37/h5,7-9,12-13,24-26,38H,1,3,6,10-11,14-21H2,2,4H3/t24-,25-,26?,30+,31?/m0/s1. The molecule has 3 fully saturated rings. The van der Waals surface area contributed by atoms with E-state index in [4.69, 9.17) is 4.74 Å². The minimum Gasteiger partial charge on any atom is -0.396 e. The van der Waals surface area contributed by atoms with E-state index >= 15 is 0 Å². The number of hydrogen-bond donors (Lipinski definition) is 1. The molecule has 3 aliphatic rings. The highest BCUT2D eigenvalue weighted by atomic mass is 16.5. The van der Waals surface area contributed by atoms with Gasteiger partial charge in [-0.15, -0.1) is 18.3 Å². The van der Waals surface area contributed by atoms with Crippen molar-refractivity contribution in [3.63, 3.8) is 0 Å². The summed E-state index contributed by atoms with van der Waals surface area (Å²) in [4.78, 5) is 48.0. The lowest BCUT2D eigenvalue weighted by atomic mass is 9.66. The molecule has 1 aromatic carbocycles. The molecular weight excluding hydrogens is 536 g/mol. The van der Waals surface area contributed by atoms with E-state index in [2.05, 4.69) is 23.5 Å². The van der Waals surface area contributed by atoms with Gasteiger partial charge in [-0.3, -0.25) is 14.4 Å². The monoisotopic (exact) mass is 578 g/mol. The third kappa shape index (κ3) is 4.82. The number of aromatic nitrogens is 3. The van der Waals surface area contributed by atoms with Gasteiger partial charge in [0.25, 0.3) is 0 Å². The summed E-state index contributed by atoms with van der Waals surface area (Å²) in [6.07, 6.45) is 6.22. The van der Waals surface area contributed by atoms with Crippen LogP contribution in [0.1, 0.15) is 46.0 Å². The number of ether oxygens (including phenoxy) is 1. The molecule has 5 atom stereocenters. The first-order valence-corrected chi connectivity index (χ1v) is 15.0. The van der Waals surface area contributed by atoms with Crippen LogP contribution in [0.5, 0.6) is 0 Å². The normalized spacial score (nSPS) is 27.8. The minimum absolute atomic E-state index is 0.0135. The molecule has 42 heavy (non-hydrogen) atoms. The van der Waals surface area contributed by atoms with Crippen LogP contribution in [0, 0.1) is 11.8 Å². The molecule has 11 nitrogen and oxygen atoms in total. The van der Waals surface area contributed by atoms with E-state index in [0.717, 1.165) is 11.9 Å². The molecule has 0 saturated carbocycles. The largest absolute Gasteiger partial charge is 0.396 e. The summed E-state index contributed by atoms with van der Waals surface area (Å²) in [5, 5.41) is 18.0. The minimum atomic E-state index is -1.13. The van der Waals surface area contributed by atoms with E-state index in [1.54, 1.807) is 31.5 Å². The molecule has 2 unspecified atom stereocenters. The maximum Gasteiger partial charge on any atom is 0.250 e. The van der Waals surface area contributed by atoms with Gasteiger partial charge < -0.3 is 24.5 Å². The molecular formula is C31H42N6O5. The summed E-state index contributed by atoms with van der Waals surface area (Å²) >= 11 is 0. The molecule has 1 N–H and O–H groups in total. The van der Waals surface area contributed by atoms with Gasteiger partial charge in [0.1, 0.15) is 23.8 Å². The Labute approximate surface area is 246 Å². The van der Waals surface area contributed by atoms with Crippen molar-refractivity contribution in [2.24, 2.45) is 11.8 Å². The average Bonchev–Trinajstić information content (AvgIpc) is 3.68. The number of rotatable bonds is 14. The number of likely N-dealkylation sites (tertiary alicyclic amines) is 1. The van der Waals surface area contributed by atoms with Crippen molar-refractivity contribution < 1.29 is 24.2 Å². The van der Waals surface area contributed by atoms with Crippen LogP contribution in [0.25, 0.3) is 11.0 Å². The highest BCUT2D eigenvalue weighted by Crippen LogP contribution is 2.63. The fourth-order valence-corrected chi connectivity index (χ4v) is 7.36. The van der Waals surface area contributed by atoms with Gasteiger partial charge in [0.2, 0.25) is 17.7 Å². The zero-order valence-electron chi connectivity index (χ0n) is 24.7. The number of amides is 3. The van der Waals surface area contributed by atoms with E-state index in [1.807, 2.05) is 38.1 Å². The van der Waals surface area contributed by atoms with Gasteiger partial charge in [0.05, 0.1) is 23.0 Å². The van der Waals surface area contributed by atoms with Gasteiger partial charge >= 0.3 is 0 Å². The van der Waals surface area contributed by atoms with Crippen molar-refractivity contribution in [3.05, 3.63) is 49.6 Å². The molecule has 5 rings (SSSR count). The number of para-hydroxylation sites is 1. The second-order valence-electron chi connectivity index (χ2n) is 11.8. The number of aliphatic hydroxyl groups excluding tert-OH is 1. The Balaban J connectivity index is 1.53. The molecule has 1 spiro atoms. The maximum absolute atomic E-state index is 14.6. The predicted molar refractivity (Wildman–Crippen MR) is 157 cm³/mol. The molecule has 3 aliphatic heterocycles. The van der Waals surface area contributed by atoms with E-state index in [1.165, 1.54) is 0 Å². The van der Waals surface area contributed by atoms with Gasteiger partial charge in [-0.05, 0) is 51.2 Å². The van der Waals surface area contributed by atoms with Crippen molar-refractivity contribution in [2.45, 2.75) is 69.9 Å². The first kappa shape index (κ1) is 29.9. The SMILES string of the molecule is C=CCN(Cn1nnc2ccccc21)C(=O)C1N(CCCCO)C(=O)[C@@H]2[C@@H](C(=O)N(CC=C)CCC)[C@@]3(C)CCC12O3. The van der Waals surface area contributed by atoms with Crippen molar-refractivity contribution in [1.82, 2.24) is 29.7 Å². The molecule has 4 heterocycles. The number of hydrogen-bond acceptors (Lipinski definition) is 7. The number of carbonyl (C=O) groups excluding carboxylic acids is 3. The van der Waals surface area contributed by atoms with Crippen LogP contribution in [0.2, 0.25) is 0 Å². The van der Waals surface area contributed by atoms with Crippen molar-refractivity contribution in [2.75, 3.05) is 32.8 Å². The first-order valence-electron chi connectivity index (χ1n) is 15.0. The van der Waals surface area contributed by atoms with Crippen LogP contribution < -0.4 is 0 Å². The zero-order chi connectivity index (χ0) is 30.1. The van der Waals surface area contributed by atoms with Crippen LogP contribution in [0.3, 0.4) is 0 Å². The molecule has 2 aromatic rings. The highest BCUT2D eigenvalue weighted by Gasteiger charge is 2.78. The molecule has 3 amide bonds. The van der Waals surface area contributed by atoms with Gasteiger partial charge in [-0.1, -0.05) is 36.4 Å². The lowest BCUT2D eigenvalue weighted by Crippen LogP contribution is -2.56. The lowest BCUT2D eigenvalue weighted by molar-refractivity contribution is -0.154. The van der Waals surface area contributed by atoms with Gasteiger partial charge in [0, 0.05) is 32.8 Å². The second kappa shape index (κ2) is 12.0. The van der Waals surface area contributed by atoms with Crippen molar-refractivity contribution in [3.8, 4) is 0 Å². The molecule has 3 saturated heterocycles. The lowest BCUT2D eigenvalue weighted by Gasteiger charge is -2.37. The van der Waals surface area contributed by atoms with Crippen LogP contribution >= 0.6 is 0 Å². The van der Waals surface area contributed by atoms with Gasteiger partial charge in [0.15, 0.2) is 0 Å². The molecule has 2 bridgehead atoms. The topological polar surface area (TPSA) is 121 Å². The number of carbonyl (C=O) groups is 3. The quantitative estimate of drug-likeness (QED) is 0.270. The third-order valence-corrected chi connectivity index (χ3v) is 9.12. The fourth-order valence-electron chi connectivity index (χ4n) is 7.36. The summed E-state index contributed by atoms with van der Waals surface area (Å²) < 4.78 is 8.46. The van der Waals surface area contributed by atoms with Crippen LogP contribution in [0.4, 0.5) is 0 Å². The Morgan fingerprint density at radius 1 is 1.14 bits per heavy atom. The summed E-state index contributed by atoms with van der Waals surface area (Å²) in [6.45, 7) is 13.2. The Morgan fingerprint density at radius 2 is 1.88 bits per heavy atom. The highest BCUT2D eigenvalue weighted by molar-refractivity contribution is 5.99. The summed E-state index contributed by atoms with van der Waals surface area (Å²) in [6, 6.07) is 6.61. The predicted octanol–water partition coefficient (Wildman–Crippen LogP) is 2.37. The van der Waals surface area contributed by atoms with E-state index in [-0.39, 0.29) is 44.1 Å². The summed E-state index contributed by atoms with van der Waals surface area (Å²) in [7, 11) is 0. The van der Waals surface area contributed by atoms with Crippen LogP contribution in [-0.4, -0.2) is 103 Å². The van der Waals surface area contributed by atoms with E-state index < -0.39 is 29.1 Å².